The van der Waals surface area contributed by atoms with Crippen LogP contribution in [0.3, 0.4) is 0 Å². The molecule has 0 fully saturated rings. The van der Waals surface area contributed by atoms with Crippen LogP contribution in [0.15, 0.2) is 65.6 Å². The quantitative estimate of drug-likeness (QED) is 0.411. The number of nitrogens with one attached hydrogen (secondary N) is 1. The number of benzene rings is 3. The molecule has 2 aromatic heterocycles. The summed E-state index contributed by atoms with van der Waals surface area (Å²) in [6, 6.07) is 16.6. The van der Waals surface area contributed by atoms with Crippen LogP contribution in [0, 0.1) is 12.7 Å². The zero-order valence-electron chi connectivity index (χ0n) is 16.8. The van der Waals surface area contributed by atoms with Crippen LogP contribution in [-0.4, -0.2) is 27.1 Å². The molecule has 32 heavy (non-hydrogen) atoms. The Kier molecular flexibility index (Phi) is 5.03. The van der Waals surface area contributed by atoms with Gasteiger partial charge in [0.2, 0.25) is 0 Å². The molecule has 0 spiro atoms. The minimum Gasteiger partial charge on any atom is -0.262 e. The summed E-state index contributed by atoms with van der Waals surface area (Å²) in [4.78, 5) is 8.97. The third-order valence-electron chi connectivity index (χ3n) is 5.02. The van der Waals surface area contributed by atoms with Gasteiger partial charge in [0.1, 0.15) is 16.9 Å². The summed E-state index contributed by atoms with van der Waals surface area (Å²) in [5.41, 5.74) is 4.44. The number of para-hydroxylation sites is 2. The fraction of sp³-hybridized carbons (Fsp3) is 0.0909. The van der Waals surface area contributed by atoms with E-state index in [4.69, 9.17) is 0 Å². The first-order valence-electron chi connectivity index (χ1n) is 9.65. The van der Waals surface area contributed by atoms with Crippen molar-refractivity contribution in [2.45, 2.75) is 18.2 Å². The second kappa shape index (κ2) is 7.88. The van der Waals surface area contributed by atoms with E-state index >= 15 is 0 Å². The Bertz CT molecular complexity index is 1580. The zero-order valence-corrected chi connectivity index (χ0v) is 18.4. The van der Waals surface area contributed by atoms with Crippen molar-refractivity contribution in [1.82, 2.24) is 18.7 Å². The van der Waals surface area contributed by atoms with Crippen LogP contribution in [0.1, 0.15) is 16.8 Å². The molecule has 5 rings (SSSR count). The number of fused-ring (bicyclic) bond motifs is 2. The Morgan fingerprint density at radius 2 is 1.66 bits per heavy atom. The summed E-state index contributed by atoms with van der Waals surface area (Å²) in [7, 11) is -4.07. The van der Waals surface area contributed by atoms with E-state index in [-0.39, 0.29) is 10.7 Å². The lowest BCUT2D eigenvalue weighted by Crippen LogP contribution is -2.17. The van der Waals surface area contributed by atoms with Crippen LogP contribution in [0.4, 0.5) is 10.2 Å². The van der Waals surface area contributed by atoms with E-state index in [1.54, 1.807) is 19.1 Å². The molecule has 0 saturated carbocycles. The molecule has 3 aromatic carbocycles. The number of hydrogen-bond donors (Lipinski definition) is 1. The minimum atomic E-state index is -4.07. The maximum absolute atomic E-state index is 14.0. The number of sulfonamides is 1. The van der Waals surface area contributed by atoms with E-state index in [1.165, 1.54) is 12.1 Å². The lowest BCUT2D eigenvalue weighted by atomic mass is 10.1. The average Bonchev–Trinajstić information content (AvgIpc) is 3.23. The van der Waals surface area contributed by atoms with E-state index in [1.807, 2.05) is 30.3 Å². The largest absolute Gasteiger partial charge is 0.263 e. The molecule has 0 bridgehead atoms. The number of nitrogens with zero attached hydrogens (tertiary/aromatic N) is 4. The van der Waals surface area contributed by atoms with Gasteiger partial charge >= 0.3 is 0 Å². The molecular formula is C22H16FN5O2S2. The van der Waals surface area contributed by atoms with E-state index in [9.17, 15) is 12.8 Å². The highest BCUT2D eigenvalue weighted by Gasteiger charge is 2.20. The number of halogens is 1. The highest BCUT2D eigenvalue weighted by atomic mass is 32.2. The van der Waals surface area contributed by atoms with E-state index in [0.29, 0.717) is 28.7 Å². The summed E-state index contributed by atoms with van der Waals surface area (Å²) < 4.78 is 50.9. The topological polar surface area (TPSA) is 97.7 Å². The van der Waals surface area contributed by atoms with Gasteiger partial charge in [0, 0.05) is 6.42 Å². The molecular weight excluding hydrogens is 449 g/mol. The summed E-state index contributed by atoms with van der Waals surface area (Å²) in [5.74, 6) is -0.496. The molecule has 160 valence electrons. The van der Waals surface area contributed by atoms with Crippen LogP contribution in [0.2, 0.25) is 0 Å². The number of aromatic nitrogens is 4. The molecule has 7 nitrogen and oxygen atoms in total. The van der Waals surface area contributed by atoms with Crippen molar-refractivity contribution in [2.75, 3.05) is 4.72 Å². The monoisotopic (exact) mass is 465 g/mol. The molecule has 0 atom stereocenters. The summed E-state index contributed by atoms with van der Waals surface area (Å²) in [6.45, 7) is 1.57. The number of hydrogen-bond acceptors (Lipinski definition) is 7. The second-order valence-electron chi connectivity index (χ2n) is 7.29. The van der Waals surface area contributed by atoms with Gasteiger partial charge in [-0.15, -0.1) is 0 Å². The lowest BCUT2D eigenvalue weighted by molar-refractivity contribution is 0.593. The smallest absolute Gasteiger partial charge is 0.262 e. The summed E-state index contributed by atoms with van der Waals surface area (Å²) >= 11 is 1.13. The van der Waals surface area contributed by atoms with Gasteiger partial charge in [0.25, 0.3) is 10.0 Å². The van der Waals surface area contributed by atoms with Crippen LogP contribution in [-0.2, 0) is 16.4 Å². The molecule has 1 N–H and O–H groups in total. The van der Waals surface area contributed by atoms with Crippen molar-refractivity contribution in [3.05, 3.63) is 83.3 Å². The predicted molar refractivity (Wildman–Crippen MR) is 122 cm³/mol. The summed E-state index contributed by atoms with van der Waals surface area (Å²) in [5, 5.41) is 0. The Morgan fingerprint density at radius 1 is 0.906 bits per heavy atom. The van der Waals surface area contributed by atoms with Gasteiger partial charge in [-0.3, -0.25) is 4.72 Å². The SMILES string of the molecule is Cc1ccc(S(=O)(=O)Nc2nc3ccccc3nc2Cc2ccc3nsnc3c2)cc1F. The normalized spacial score (nSPS) is 11.8. The third-order valence-corrected chi connectivity index (χ3v) is 6.91. The minimum absolute atomic E-state index is 0.0983. The molecule has 0 saturated heterocycles. The summed E-state index contributed by atoms with van der Waals surface area (Å²) in [6.07, 6.45) is 0.325. The van der Waals surface area contributed by atoms with Crippen LogP contribution >= 0.6 is 11.7 Å². The van der Waals surface area contributed by atoms with Gasteiger partial charge in [0.15, 0.2) is 5.82 Å². The maximum atomic E-state index is 14.0. The molecule has 10 heteroatoms. The van der Waals surface area contributed by atoms with Gasteiger partial charge in [-0.05, 0) is 54.4 Å². The predicted octanol–water partition coefficient (Wildman–Crippen LogP) is 4.47. The number of aryl methyl sites for hydroxylation is 1. The zero-order chi connectivity index (χ0) is 22.3. The Labute approximate surface area is 187 Å². The van der Waals surface area contributed by atoms with Gasteiger partial charge < -0.3 is 0 Å². The fourth-order valence-electron chi connectivity index (χ4n) is 3.30. The van der Waals surface area contributed by atoms with Gasteiger partial charge in [0.05, 0.1) is 33.4 Å². The Hall–Kier alpha value is -3.50. The van der Waals surface area contributed by atoms with Crippen LogP contribution in [0.5, 0.6) is 0 Å². The van der Waals surface area contributed by atoms with E-state index < -0.39 is 15.8 Å². The first-order valence-corrected chi connectivity index (χ1v) is 11.9. The van der Waals surface area contributed by atoms with Crippen LogP contribution < -0.4 is 4.72 Å². The van der Waals surface area contributed by atoms with Gasteiger partial charge in [-0.2, -0.15) is 8.75 Å². The first-order chi connectivity index (χ1) is 15.4. The van der Waals surface area contributed by atoms with E-state index in [2.05, 4.69) is 23.4 Å². The molecule has 0 aliphatic rings. The van der Waals surface area contributed by atoms with E-state index in [0.717, 1.165) is 34.4 Å². The van der Waals surface area contributed by atoms with Crippen molar-refractivity contribution in [3.8, 4) is 0 Å². The van der Waals surface area contributed by atoms with Crippen molar-refractivity contribution < 1.29 is 12.8 Å². The van der Waals surface area contributed by atoms with Crippen molar-refractivity contribution in [1.29, 1.82) is 0 Å². The fourth-order valence-corrected chi connectivity index (χ4v) is 4.86. The second-order valence-corrected chi connectivity index (χ2v) is 9.50. The lowest BCUT2D eigenvalue weighted by Gasteiger charge is -2.13. The molecule has 0 aliphatic heterocycles. The van der Waals surface area contributed by atoms with Gasteiger partial charge in [-0.1, -0.05) is 24.3 Å². The standard InChI is InChI=1S/C22H16FN5O2S2/c1-13-6-8-15(12-16(13)23)32(29,30)28-22-21(24-17-4-2-3-5-18(17)25-22)11-14-7-9-19-20(10-14)27-31-26-19/h2-10,12H,11H2,1H3,(H,25,28). The highest BCUT2D eigenvalue weighted by molar-refractivity contribution is 7.92. The van der Waals surface area contributed by atoms with Crippen molar-refractivity contribution >= 4 is 49.6 Å². The van der Waals surface area contributed by atoms with Crippen molar-refractivity contribution in [3.63, 3.8) is 0 Å². The van der Waals surface area contributed by atoms with Crippen molar-refractivity contribution in [2.24, 2.45) is 0 Å². The molecule has 5 aromatic rings. The highest BCUT2D eigenvalue weighted by Crippen LogP contribution is 2.25. The molecule has 2 heterocycles. The third kappa shape index (κ3) is 3.90. The van der Waals surface area contributed by atoms with Gasteiger partial charge in [-0.25, -0.2) is 22.8 Å². The molecule has 0 radical (unpaired) electrons. The Morgan fingerprint density at radius 3 is 2.44 bits per heavy atom. The average molecular weight is 466 g/mol. The number of anilines is 1. The Balaban J connectivity index is 1.58. The van der Waals surface area contributed by atoms with Crippen LogP contribution in [0.25, 0.3) is 22.1 Å². The number of rotatable bonds is 5. The maximum Gasteiger partial charge on any atom is 0.263 e. The molecule has 0 aliphatic carbocycles. The molecule has 0 amide bonds. The molecule has 0 unspecified atom stereocenters. The first kappa shape index (κ1) is 20.4.